The zero-order chi connectivity index (χ0) is 15.9. The van der Waals surface area contributed by atoms with E-state index in [1.807, 2.05) is 49.4 Å². The molecule has 0 heterocycles. The Labute approximate surface area is 138 Å². The van der Waals surface area contributed by atoms with Crippen molar-refractivity contribution < 1.29 is 9.59 Å². The number of carbonyl (C=O) groups is 2. The van der Waals surface area contributed by atoms with Gasteiger partial charge in [-0.25, -0.2) is 0 Å². The molecule has 22 heavy (non-hydrogen) atoms. The third-order valence-electron chi connectivity index (χ3n) is 3.11. The molecule has 0 saturated carbocycles. The van der Waals surface area contributed by atoms with Crippen LogP contribution in [-0.2, 0) is 9.59 Å². The fraction of sp³-hybridized carbons (Fsp3) is 0.176. The number of hydrogen-bond acceptors (Lipinski definition) is 2. The van der Waals surface area contributed by atoms with Crippen molar-refractivity contribution >= 4 is 39.1 Å². The van der Waals surface area contributed by atoms with Gasteiger partial charge in [0.15, 0.2) is 0 Å². The summed E-state index contributed by atoms with van der Waals surface area (Å²) in [6, 6.07) is 16.6. The van der Waals surface area contributed by atoms with Gasteiger partial charge in [0.2, 0.25) is 11.8 Å². The summed E-state index contributed by atoms with van der Waals surface area (Å²) < 4.78 is 0.871. The second kappa shape index (κ2) is 7.75. The van der Waals surface area contributed by atoms with Crippen molar-refractivity contribution in [3.63, 3.8) is 0 Å². The fourth-order valence-corrected chi connectivity index (χ4v) is 2.51. The van der Waals surface area contributed by atoms with Crippen molar-refractivity contribution in [3.05, 3.63) is 59.1 Å². The quantitative estimate of drug-likeness (QED) is 0.823. The summed E-state index contributed by atoms with van der Waals surface area (Å²) in [7, 11) is 0. The Kier molecular flexibility index (Phi) is 5.72. The highest BCUT2D eigenvalue weighted by Gasteiger charge is 2.17. The minimum Gasteiger partial charge on any atom is -0.326 e. The lowest BCUT2D eigenvalue weighted by molar-refractivity contribution is -0.125. The number of amides is 2. The minimum atomic E-state index is -0.322. The van der Waals surface area contributed by atoms with Gasteiger partial charge in [-0.2, -0.15) is 0 Å². The predicted molar refractivity (Wildman–Crippen MR) is 91.9 cm³/mol. The van der Waals surface area contributed by atoms with Gasteiger partial charge in [0, 0.05) is 22.4 Å². The first kappa shape index (κ1) is 16.2. The summed E-state index contributed by atoms with van der Waals surface area (Å²) in [5.41, 5.74) is 1.46. The Bertz CT molecular complexity index is 659. The molecular weight excluding hydrogens is 344 g/mol. The van der Waals surface area contributed by atoms with Crippen LogP contribution in [-0.4, -0.2) is 18.4 Å². The number of rotatable bonds is 5. The smallest absolute Gasteiger partial charge is 0.236 e. The van der Waals surface area contributed by atoms with Gasteiger partial charge in [0.05, 0.1) is 0 Å². The van der Waals surface area contributed by atoms with E-state index in [1.165, 1.54) is 0 Å². The maximum absolute atomic E-state index is 12.3. The van der Waals surface area contributed by atoms with Gasteiger partial charge in [-0.05, 0) is 37.3 Å². The average molecular weight is 361 g/mol. The van der Waals surface area contributed by atoms with E-state index in [-0.39, 0.29) is 18.2 Å². The van der Waals surface area contributed by atoms with Crippen LogP contribution in [0.2, 0.25) is 0 Å². The van der Waals surface area contributed by atoms with Crippen LogP contribution in [0.4, 0.5) is 11.4 Å². The molecule has 2 aromatic carbocycles. The zero-order valence-electron chi connectivity index (χ0n) is 12.3. The van der Waals surface area contributed by atoms with Gasteiger partial charge in [-0.15, -0.1) is 0 Å². The molecule has 0 aliphatic rings. The fourth-order valence-electron chi connectivity index (χ4n) is 2.12. The molecule has 5 heteroatoms. The van der Waals surface area contributed by atoms with Crippen molar-refractivity contribution in [1.29, 1.82) is 0 Å². The molecule has 4 nitrogen and oxygen atoms in total. The number of para-hydroxylation sites is 1. The van der Waals surface area contributed by atoms with E-state index in [0.717, 1.165) is 10.2 Å². The predicted octanol–water partition coefficient (Wildman–Crippen LogP) is 3.83. The highest BCUT2D eigenvalue weighted by Crippen LogP contribution is 2.17. The van der Waals surface area contributed by atoms with Gasteiger partial charge in [-0.1, -0.05) is 40.2 Å². The van der Waals surface area contributed by atoms with Gasteiger partial charge in [-0.3, -0.25) is 9.59 Å². The highest BCUT2D eigenvalue weighted by atomic mass is 79.9. The van der Waals surface area contributed by atoms with E-state index >= 15 is 0 Å². The molecule has 1 N–H and O–H groups in total. The van der Waals surface area contributed by atoms with Crippen molar-refractivity contribution in [2.24, 2.45) is 0 Å². The number of nitrogens with zero attached hydrogens (tertiary/aromatic N) is 1. The normalized spacial score (nSPS) is 10.1. The van der Waals surface area contributed by atoms with Gasteiger partial charge >= 0.3 is 0 Å². The minimum absolute atomic E-state index is 0.185. The molecular formula is C17H17BrN2O2. The number of benzene rings is 2. The zero-order valence-corrected chi connectivity index (χ0v) is 13.8. The van der Waals surface area contributed by atoms with Crippen molar-refractivity contribution in [1.82, 2.24) is 0 Å². The van der Waals surface area contributed by atoms with E-state index in [0.29, 0.717) is 12.2 Å². The Morgan fingerprint density at radius 1 is 1.09 bits per heavy atom. The summed E-state index contributed by atoms with van der Waals surface area (Å²) in [6.07, 6.45) is -0.185. The van der Waals surface area contributed by atoms with Gasteiger partial charge < -0.3 is 10.2 Å². The molecule has 2 aromatic rings. The second-order valence-electron chi connectivity index (χ2n) is 4.71. The third kappa shape index (κ3) is 4.43. The Morgan fingerprint density at radius 3 is 2.45 bits per heavy atom. The molecule has 0 aliphatic heterocycles. The monoisotopic (exact) mass is 360 g/mol. The number of nitrogens with one attached hydrogen (secondary N) is 1. The molecule has 0 saturated heterocycles. The number of halogens is 1. The van der Waals surface area contributed by atoms with E-state index in [9.17, 15) is 9.59 Å². The Balaban J connectivity index is 1.99. The molecule has 0 radical (unpaired) electrons. The lowest BCUT2D eigenvalue weighted by Crippen LogP contribution is -2.33. The van der Waals surface area contributed by atoms with Crippen LogP contribution in [0.5, 0.6) is 0 Å². The summed E-state index contributed by atoms with van der Waals surface area (Å²) in [6.45, 7) is 2.41. The van der Waals surface area contributed by atoms with E-state index in [1.54, 1.807) is 17.0 Å². The average Bonchev–Trinajstić information content (AvgIpc) is 2.49. The second-order valence-corrected chi connectivity index (χ2v) is 5.62. The summed E-state index contributed by atoms with van der Waals surface area (Å²) >= 11 is 3.34. The maximum Gasteiger partial charge on any atom is 0.236 e. The first-order valence-electron chi connectivity index (χ1n) is 7.01. The standard InChI is InChI=1S/C17H17BrN2O2/c1-2-20(15-9-4-3-5-10-15)17(22)12-16(21)19-14-8-6-7-13(18)11-14/h3-11H,2,12H2,1H3,(H,19,21). The topological polar surface area (TPSA) is 49.4 Å². The Hall–Kier alpha value is -2.14. The maximum atomic E-state index is 12.3. The highest BCUT2D eigenvalue weighted by molar-refractivity contribution is 9.10. The third-order valence-corrected chi connectivity index (χ3v) is 3.60. The molecule has 0 unspecified atom stereocenters. The van der Waals surface area contributed by atoms with Crippen molar-refractivity contribution in [2.45, 2.75) is 13.3 Å². The van der Waals surface area contributed by atoms with Crippen LogP contribution in [0.15, 0.2) is 59.1 Å². The first-order valence-corrected chi connectivity index (χ1v) is 7.80. The van der Waals surface area contributed by atoms with E-state index in [2.05, 4.69) is 21.2 Å². The lowest BCUT2D eigenvalue weighted by atomic mass is 10.2. The van der Waals surface area contributed by atoms with Crippen molar-refractivity contribution in [3.8, 4) is 0 Å². The molecule has 0 aromatic heterocycles. The van der Waals surface area contributed by atoms with Crippen LogP contribution in [0.25, 0.3) is 0 Å². The Morgan fingerprint density at radius 2 is 1.82 bits per heavy atom. The number of hydrogen-bond donors (Lipinski definition) is 1. The van der Waals surface area contributed by atoms with Crippen LogP contribution in [0, 0.1) is 0 Å². The van der Waals surface area contributed by atoms with Crippen LogP contribution < -0.4 is 10.2 Å². The molecule has 114 valence electrons. The molecule has 0 atom stereocenters. The summed E-state index contributed by atoms with van der Waals surface area (Å²) in [5, 5.41) is 2.73. The van der Waals surface area contributed by atoms with Crippen molar-refractivity contribution in [2.75, 3.05) is 16.8 Å². The van der Waals surface area contributed by atoms with Crippen LogP contribution in [0.3, 0.4) is 0 Å². The van der Waals surface area contributed by atoms with Crippen LogP contribution in [0.1, 0.15) is 13.3 Å². The number of carbonyl (C=O) groups excluding carboxylic acids is 2. The first-order chi connectivity index (χ1) is 10.6. The molecule has 0 fully saturated rings. The lowest BCUT2D eigenvalue weighted by Gasteiger charge is -2.20. The summed E-state index contributed by atoms with van der Waals surface area (Å²) in [5.74, 6) is -0.543. The van der Waals surface area contributed by atoms with E-state index in [4.69, 9.17) is 0 Å². The molecule has 2 amide bonds. The largest absolute Gasteiger partial charge is 0.326 e. The number of anilines is 2. The van der Waals surface area contributed by atoms with Crippen LogP contribution >= 0.6 is 15.9 Å². The molecule has 0 bridgehead atoms. The molecule has 0 aliphatic carbocycles. The van der Waals surface area contributed by atoms with Gasteiger partial charge in [0.25, 0.3) is 0 Å². The summed E-state index contributed by atoms with van der Waals surface area (Å²) in [4.78, 5) is 25.9. The van der Waals surface area contributed by atoms with Gasteiger partial charge in [0.1, 0.15) is 6.42 Å². The SMILES string of the molecule is CCN(C(=O)CC(=O)Nc1cccc(Br)c1)c1ccccc1. The van der Waals surface area contributed by atoms with E-state index < -0.39 is 0 Å². The molecule has 2 rings (SSSR count). The molecule has 0 spiro atoms.